The minimum Gasteiger partial charge on any atom is -0.399 e. The van der Waals surface area contributed by atoms with Crippen LogP contribution < -0.4 is 5.73 Å². The van der Waals surface area contributed by atoms with Gasteiger partial charge in [-0.15, -0.1) is 0 Å². The Bertz CT molecular complexity index is 729. The highest BCUT2D eigenvalue weighted by atomic mass is 79.9. The van der Waals surface area contributed by atoms with Crippen LogP contribution in [0.5, 0.6) is 0 Å². The van der Waals surface area contributed by atoms with E-state index < -0.39 is 0 Å². The minimum atomic E-state index is 0.751. The smallest absolute Gasteiger partial charge is 0.107 e. The van der Waals surface area contributed by atoms with Gasteiger partial charge in [-0.1, -0.05) is 28.1 Å². The third kappa shape index (κ3) is 2.36. The molecule has 0 fully saturated rings. The number of anilines is 1. The van der Waals surface area contributed by atoms with Crippen LogP contribution in [0.25, 0.3) is 11.0 Å². The van der Waals surface area contributed by atoms with Crippen molar-refractivity contribution in [2.45, 2.75) is 13.5 Å². The summed E-state index contributed by atoms with van der Waals surface area (Å²) in [7, 11) is 0. The molecular weight excluding hydrogens is 302 g/mol. The molecule has 2 N–H and O–H groups in total. The first-order valence-corrected chi connectivity index (χ1v) is 6.89. The van der Waals surface area contributed by atoms with Gasteiger partial charge in [0, 0.05) is 16.7 Å². The van der Waals surface area contributed by atoms with E-state index >= 15 is 0 Å². The summed E-state index contributed by atoms with van der Waals surface area (Å²) in [4.78, 5) is 4.56. The van der Waals surface area contributed by atoms with Crippen molar-refractivity contribution >= 4 is 32.7 Å². The molecule has 4 heteroatoms. The van der Waals surface area contributed by atoms with Gasteiger partial charge in [-0.25, -0.2) is 4.98 Å². The quantitative estimate of drug-likeness (QED) is 0.732. The van der Waals surface area contributed by atoms with E-state index in [1.54, 1.807) is 0 Å². The van der Waals surface area contributed by atoms with Gasteiger partial charge in [0.25, 0.3) is 0 Å². The molecule has 0 aliphatic carbocycles. The van der Waals surface area contributed by atoms with Gasteiger partial charge in [0.15, 0.2) is 0 Å². The molecule has 19 heavy (non-hydrogen) atoms. The van der Waals surface area contributed by atoms with Gasteiger partial charge in [0.05, 0.1) is 11.0 Å². The molecule has 0 aliphatic heterocycles. The number of hydrogen-bond donors (Lipinski definition) is 1. The van der Waals surface area contributed by atoms with E-state index in [4.69, 9.17) is 5.73 Å². The van der Waals surface area contributed by atoms with Gasteiger partial charge in [0.2, 0.25) is 0 Å². The highest BCUT2D eigenvalue weighted by Crippen LogP contribution is 2.20. The summed E-state index contributed by atoms with van der Waals surface area (Å²) in [5, 5.41) is 0. The third-order valence-electron chi connectivity index (χ3n) is 3.22. The Morgan fingerprint density at radius 3 is 2.63 bits per heavy atom. The number of imidazole rings is 1. The molecule has 96 valence electrons. The molecule has 1 heterocycles. The van der Waals surface area contributed by atoms with Crippen molar-refractivity contribution in [2.24, 2.45) is 0 Å². The zero-order valence-corrected chi connectivity index (χ0v) is 12.2. The first-order chi connectivity index (χ1) is 9.13. The fraction of sp³-hybridized carbons (Fsp3) is 0.133. The summed E-state index contributed by atoms with van der Waals surface area (Å²) in [6.07, 6.45) is 0. The molecule has 0 saturated carbocycles. The molecule has 3 nitrogen and oxygen atoms in total. The van der Waals surface area contributed by atoms with E-state index in [1.807, 2.05) is 25.1 Å². The maximum Gasteiger partial charge on any atom is 0.107 e. The van der Waals surface area contributed by atoms with Crippen molar-refractivity contribution < 1.29 is 0 Å². The van der Waals surface area contributed by atoms with Crippen LogP contribution in [0.15, 0.2) is 46.9 Å². The van der Waals surface area contributed by atoms with Crippen LogP contribution in [0.4, 0.5) is 5.69 Å². The molecule has 1 aromatic heterocycles. The minimum absolute atomic E-state index is 0.751. The standard InChI is InChI=1S/C15H14BrN3/c1-10-18-14-8-13(17)6-7-15(14)19(10)9-11-2-4-12(16)5-3-11/h2-8H,9,17H2,1H3. The Morgan fingerprint density at radius 2 is 1.89 bits per heavy atom. The molecule has 0 saturated heterocycles. The summed E-state index contributed by atoms with van der Waals surface area (Å²) < 4.78 is 3.30. The van der Waals surface area contributed by atoms with E-state index in [9.17, 15) is 0 Å². The second-order valence-electron chi connectivity index (χ2n) is 4.62. The van der Waals surface area contributed by atoms with Crippen molar-refractivity contribution in [3.05, 3.63) is 58.3 Å². The second-order valence-corrected chi connectivity index (χ2v) is 5.54. The van der Waals surface area contributed by atoms with Crippen LogP contribution in [-0.2, 0) is 6.54 Å². The number of aromatic nitrogens is 2. The van der Waals surface area contributed by atoms with Crippen molar-refractivity contribution in [2.75, 3.05) is 5.73 Å². The lowest BCUT2D eigenvalue weighted by molar-refractivity contribution is 0.786. The maximum atomic E-state index is 5.80. The Labute approximate surface area is 120 Å². The van der Waals surface area contributed by atoms with Gasteiger partial charge < -0.3 is 10.3 Å². The Hall–Kier alpha value is -1.81. The van der Waals surface area contributed by atoms with Gasteiger partial charge in [0.1, 0.15) is 5.82 Å². The van der Waals surface area contributed by atoms with Gasteiger partial charge in [-0.3, -0.25) is 0 Å². The maximum absolute atomic E-state index is 5.80. The molecular formula is C15H14BrN3. The van der Waals surface area contributed by atoms with Crippen LogP contribution >= 0.6 is 15.9 Å². The summed E-state index contributed by atoms with van der Waals surface area (Å²) in [6.45, 7) is 2.84. The zero-order valence-electron chi connectivity index (χ0n) is 10.6. The molecule has 0 bridgehead atoms. The van der Waals surface area contributed by atoms with Crippen molar-refractivity contribution in [3.63, 3.8) is 0 Å². The van der Waals surface area contributed by atoms with E-state index in [0.717, 1.165) is 33.6 Å². The predicted molar refractivity (Wildman–Crippen MR) is 82.1 cm³/mol. The van der Waals surface area contributed by atoms with Crippen LogP contribution in [0, 0.1) is 6.92 Å². The number of benzene rings is 2. The van der Waals surface area contributed by atoms with Crippen molar-refractivity contribution in [1.29, 1.82) is 0 Å². The Balaban J connectivity index is 2.05. The van der Waals surface area contributed by atoms with E-state index in [2.05, 4.69) is 49.7 Å². The summed E-state index contributed by atoms with van der Waals surface area (Å²) in [5.74, 6) is 1.00. The highest BCUT2D eigenvalue weighted by Gasteiger charge is 2.07. The lowest BCUT2D eigenvalue weighted by Gasteiger charge is -2.07. The Kier molecular flexibility index (Phi) is 3.03. The summed E-state index contributed by atoms with van der Waals surface area (Å²) in [6, 6.07) is 14.2. The topological polar surface area (TPSA) is 43.8 Å². The molecule has 2 aromatic carbocycles. The first kappa shape index (κ1) is 12.2. The number of nitrogens with two attached hydrogens (primary N) is 1. The third-order valence-corrected chi connectivity index (χ3v) is 3.75. The van der Waals surface area contributed by atoms with E-state index in [-0.39, 0.29) is 0 Å². The monoisotopic (exact) mass is 315 g/mol. The number of nitrogens with zero attached hydrogens (tertiary/aromatic N) is 2. The molecule has 0 spiro atoms. The number of nitrogen functional groups attached to an aromatic ring is 1. The number of rotatable bonds is 2. The molecule has 0 atom stereocenters. The highest BCUT2D eigenvalue weighted by molar-refractivity contribution is 9.10. The van der Waals surface area contributed by atoms with E-state index in [0.29, 0.717) is 0 Å². The normalized spacial score (nSPS) is 11.1. The average molecular weight is 316 g/mol. The molecule has 0 aliphatic rings. The molecule has 3 rings (SSSR count). The van der Waals surface area contributed by atoms with Crippen LogP contribution in [0.2, 0.25) is 0 Å². The molecule has 0 unspecified atom stereocenters. The number of hydrogen-bond acceptors (Lipinski definition) is 2. The predicted octanol–water partition coefficient (Wildman–Crippen LogP) is 3.74. The largest absolute Gasteiger partial charge is 0.399 e. The lowest BCUT2D eigenvalue weighted by atomic mass is 10.2. The second kappa shape index (κ2) is 4.70. The first-order valence-electron chi connectivity index (χ1n) is 6.10. The molecule has 0 amide bonds. The van der Waals surface area contributed by atoms with Gasteiger partial charge in [-0.2, -0.15) is 0 Å². The number of fused-ring (bicyclic) bond motifs is 1. The number of aryl methyl sites for hydroxylation is 1. The van der Waals surface area contributed by atoms with Gasteiger partial charge in [-0.05, 0) is 42.8 Å². The van der Waals surface area contributed by atoms with Crippen LogP contribution in [0.1, 0.15) is 11.4 Å². The molecule has 0 radical (unpaired) electrons. The SMILES string of the molecule is Cc1nc2cc(N)ccc2n1Cc1ccc(Br)cc1. The average Bonchev–Trinajstić information content (AvgIpc) is 2.68. The van der Waals surface area contributed by atoms with Crippen LogP contribution in [-0.4, -0.2) is 9.55 Å². The van der Waals surface area contributed by atoms with Crippen LogP contribution in [0.3, 0.4) is 0 Å². The van der Waals surface area contributed by atoms with Gasteiger partial charge >= 0.3 is 0 Å². The fourth-order valence-corrected chi connectivity index (χ4v) is 2.50. The summed E-state index contributed by atoms with van der Waals surface area (Å²) >= 11 is 3.45. The zero-order chi connectivity index (χ0) is 13.4. The van der Waals surface area contributed by atoms with E-state index in [1.165, 1.54) is 5.56 Å². The fourth-order valence-electron chi connectivity index (χ4n) is 2.24. The Morgan fingerprint density at radius 1 is 1.16 bits per heavy atom. The number of halogens is 1. The lowest BCUT2D eigenvalue weighted by Crippen LogP contribution is -2.01. The molecule has 3 aromatic rings. The summed E-state index contributed by atoms with van der Waals surface area (Å²) in [5.41, 5.74) is 9.87. The van der Waals surface area contributed by atoms with Crippen molar-refractivity contribution in [3.8, 4) is 0 Å². The van der Waals surface area contributed by atoms with Crippen molar-refractivity contribution in [1.82, 2.24) is 9.55 Å².